The first-order chi connectivity index (χ1) is 10.2. The lowest BCUT2D eigenvalue weighted by molar-refractivity contribution is -0.696. The molecule has 0 spiro atoms. The highest BCUT2D eigenvalue weighted by atomic mass is 16.4. The summed E-state index contributed by atoms with van der Waals surface area (Å²) in [6.45, 7) is 3.21. The molecule has 1 aromatic heterocycles. The van der Waals surface area contributed by atoms with Crippen LogP contribution in [0.3, 0.4) is 0 Å². The molecule has 0 saturated heterocycles. The van der Waals surface area contributed by atoms with Gasteiger partial charge in [0.2, 0.25) is 0 Å². The van der Waals surface area contributed by atoms with Gasteiger partial charge in [0.25, 0.3) is 0 Å². The van der Waals surface area contributed by atoms with Gasteiger partial charge in [-0.05, 0) is 6.42 Å². The Balaban J connectivity index is 2.00. The molecule has 0 fully saturated rings. The first kappa shape index (κ1) is 18.2. The molecule has 0 radical (unpaired) electrons. The number of nitrogens with zero attached hydrogens (tertiary/aromatic N) is 1. The zero-order valence-electron chi connectivity index (χ0n) is 13.5. The molecule has 0 unspecified atom stereocenters. The van der Waals surface area contributed by atoms with Gasteiger partial charge in [-0.2, -0.15) is 0 Å². The smallest absolute Gasteiger partial charge is 0.423 e. The number of unbranched alkanes of at least 4 members (excludes halogenated alkanes) is 9. The summed E-state index contributed by atoms with van der Waals surface area (Å²) in [5.41, 5.74) is 0.560. The van der Waals surface area contributed by atoms with Crippen molar-refractivity contribution in [1.82, 2.24) is 0 Å². The Labute approximate surface area is 130 Å². The van der Waals surface area contributed by atoms with Gasteiger partial charge in [-0.15, -0.1) is 0 Å². The fourth-order valence-corrected chi connectivity index (χ4v) is 2.62. The minimum Gasteiger partial charge on any atom is -0.423 e. The molecular weight excluding hydrogens is 261 g/mol. The predicted octanol–water partition coefficient (Wildman–Crippen LogP) is 2.57. The minimum atomic E-state index is -1.37. The van der Waals surface area contributed by atoms with E-state index in [4.69, 9.17) is 10.0 Å². The molecular formula is C17H31BNO2+. The van der Waals surface area contributed by atoms with E-state index in [-0.39, 0.29) is 0 Å². The molecule has 3 nitrogen and oxygen atoms in total. The Bertz CT molecular complexity index is 372. The highest BCUT2D eigenvalue weighted by Crippen LogP contribution is 2.10. The summed E-state index contributed by atoms with van der Waals surface area (Å²) in [4.78, 5) is 0. The maximum absolute atomic E-state index is 9.14. The Hall–Kier alpha value is -0.865. The highest BCUT2D eigenvalue weighted by molar-refractivity contribution is 6.58. The van der Waals surface area contributed by atoms with Gasteiger partial charge in [-0.3, -0.25) is 0 Å². The van der Waals surface area contributed by atoms with E-state index in [0.29, 0.717) is 5.46 Å². The lowest BCUT2D eigenvalue weighted by Gasteiger charge is -2.02. The second-order valence-corrected chi connectivity index (χ2v) is 5.93. The second-order valence-electron chi connectivity index (χ2n) is 5.93. The fraction of sp³-hybridized carbons (Fsp3) is 0.706. The van der Waals surface area contributed by atoms with Gasteiger partial charge in [0.15, 0.2) is 12.4 Å². The quantitative estimate of drug-likeness (QED) is 0.353. The van der Waals surface area contributed by atoms with Crippen LogP contribution >= 0.6 is 0 Å². The standard InChI is InChI=1S/C17H31BNO2/c1-2-3-4-5-6-7-8-9-10-11-14-19-15-12-13-17(16-19)18(20)21/h12-13,15-16,20-21H,2-11,14H2,1H3/q+1. The van der Waals surface area contributed by atoms with Crippen LogP contribution in [-0.4, -0.2) is 17.2 Å². The van der Waals surface area contributed by atoms with Crippen LogP contribution in [0.1, 0.15) is 71.1 Å². The van der Waals surface area contributed by atoms with Crippen molar-refractivity contribution < 1.29 is 14.6 Å². The van der Waals surface area contributed by atoms with Crippen LogP contribution in [0, 0.1) is 0 Å². The van der Waals surface area contributed by atoms with Crippen LogP contribution in [0.2, 0.25) is 0 Å². The molecule has 1 heterocycles. The van der Waals surface area contributed by atoms with Crippen molar-refractivity contribution in [2.75, 3.05) is 0 Å². The van der Waals surface area contributed by atoms with Gasteiger partial charge in [0.05, 0.1) is 0 Å². The summed E-state index contributed by atoms with van der Waals surface area (Å²) in [5.74, 6) is 0. The average molecular weight is 292 g/mol. The zero-order valence-corrected chi connectivity index (χ0v) is 13.5. The van der Waals surface area contributed by atoms with Gasteiger partial charge >= 0.3 is 7.12 Å². The molecule has 0 aliphatic heterocycles. The molecule has 0 aliphatic rings. The Kier molecular flexibility index (Phi) is 10.2. The SMILES string of the molecule is CCCCCCCCCCCC[n+]1cccc(B(O)O)c1. The van der Waals surface area contributed by atoms with Crippen molar-refractivity contribution >= 4 is 12.6 Å². The number of hydrogen-bond acceptors (Lipinski definition) is 2. The van der Waals surface area contributed by atoms with Crippen molar-refractivity contribution in [3.05, 3.63) is 24.5 Å². The van der Waals surface area contributed by atoms with E-state index in [9.17, 15) is 0 Å². The third kappa shape index (κ3) is 8.89. The maximum atomic E-state index is 9.14. The summed E-state index contributed by atoms with van der Waals surface area (Å²) in [5, 5.41) is 18.3. The number of aryl methyl sites for hydroxylation is 1. The van der Waals surface area contributed by atoms with Gasteiger partial charge in [0, 0.05) is 17.9 Å². The van der Waals surface area contributed by atoms with Gasteiger partial charge in [0.1, 0.15) is 6.54 Å². The van der Waals surface area contributed by atoms with Crippen molar-refractivity contribution in [2.24, 2.45) is 0 Å². The molecule has 0 aromatic carbocycles. The normalized spacial score (nSPS) is 10.8. The zero-order chi connectivity index (χ0) is 15.3. The van der Waals surface area contributed by atoms with Gasteiger partial charge < -0.3 is 10.0 Å². The lowest BCUT2D eigenvalue weighted by Crippen LogP contribution is -2.41. The van der Waals surface area contributed by atoms with Crippen molar-refractivity contribution in [2.45, 2.75) is 77.7 Å². The molecule has 118 valence electrons. The summed E-state index contributed by atoms with van der Waals surface area (Å²) in [7, 11) is -1.37. The van der Waals surface area contributed by atoms with Crippen molar-refractivity contribution in [3.8, 4) is 0 Å². The Morgan fingerprint density at radius 2 is 1.48 bits per heavy atom. The summed E-state index contributed by atoms with van der Waals surface area (Å²) in [6.07, 6.45) is 17.2. The van der Waals surface area contributed by atoms with Crippen LogP contribution in [0.25, 0.3) is 0 Å². The van der Waals surface area contributed by atoms with E-state index in [1.807, 2.05) is 23.0 Å². The molecule has 1 aromatic rings. The second kappa shape index (κ2) is 11.8. The predicted molar refractivity (Wildman–Crippen MR) is 88.3 cm³/mol. The first-order valence-electron chi connectivity index (χ1n) is 8.59. The Morgan fingerprint density at radius 3 is 2.05 bits per heavy atom. The van der Waals surface area contributed by atoms with Gasteiger partial charge in [-0.1, -0.05) is 64.4 Å². The Morgan fingerprint density at radius 1 is 0.905 bits per heavy atom. The molecule has 0 saturated carbocycles. The molecule has 21 heavy (non-hydrogen) atoms. The van der Waals surface area contributed by atoms with Gasteiger partial charge in [-0.25, -0.2) is 4.57 Å². The monoisotopic (exact) mass is 292 g/mol. The topological polar surface area (TPSA) is 44.3 Å². The number of hydrogen-bond donors (Lipinski definition) is 2. The molecule has 0 atom stereocenters. The van der Waals surface area contributed by atoms with Crippen LogP contribution in [-0.2, 0) is 6.54 Å². The van der Waals surface area contributed by atoms with Crippen LogP contribution in [0.4, 0.5) is 0 Å². The van der Waals surface area contributed by atoms with Crippen molar-refractivity contribution in [1.29, 1.82) is 0 Å². The molecule has 2 N–H and O–H groups in total. The number of aromatic nitrogens is 1. The molecule has 0 aliphatic carbocycles. The van der Waals surface area contributed by atoms with E-state index in [2.05, 4.69) is 6.92 Å². The minimum absolute atomic E-state index is 0.560. The van der Waals surface area contributed by atoms with Crippen LogP contribution < -0.4 is 10.0 Å². The van der Waals surface area contributed by atoms with E-state index in [1.54, 1.807) is 6.07 Å². The third-order valence-electron chi connectivity index (χ3n) is 3.95. The van der Waals surface area contributed by atoms with Crippen molar-refractivity contribution in [3.63, 3.8) is 0 Å². The largest absolute Gasteiger partial charge is 0.494 e. The average Bonchev–Trinajstić information content (AvgIpc) is 2.49. The number of pyridine rings is 1. The van der Waals surface area contributed by atoms with E-state index in [0.717, 1.165) is 13.0 Å². The first-order valence-corrected chi connectivity index (χ1v) is 8.59. The van der Waals surface area contributed by atoms with E-state index < -0.39 is 7.12 Å². The van der Waals surface area contributed by atoms with Crippen LogP contribution in [0.15, 0.2) is 24.5 Å². The van der Waals surface area contributed by atoms with Crippen LogP contribution in [0.5, 0.6) is 0 Å². The maximum Gasteiger partial charge on any atom is 0.494 e. The molecule has 0 bridgehead atoms. The molecule has 1 rings (SSSR count). The summed E-state index contributed by atoms with van der Waals surface area (Å²) < 4.78 is 2.04. The van der Waals surface area contributed by atoms with E-state index >= 15 is 0 Å². The summed E-state index contributed by atoms with van der Waals surface area (Å²) >= 11 is 0. The third-order valence-corrected chi connectivity index (χ3v) is 3.95. The highest BCUT2D eigenvalue weighted by Gasteiger charge is 2.14. The fourth-order valence-electron chi connectivity index (χ4n) is 2.62. The number of rotatable bonds is 12. The molecule has 4 heteroatoms. The lowest BCUT2D eigenvalue weighted by atomic mass is 9.82. The molecule has 0 amide bonds. The van der Waals surface area contributed by atoms with E-state index in [1.165, 1.54) is 57.8 Å². The summed E-state index contributed by atoms with van der Waals surface area (Å²) in [6, 6.07) is 3.60.